The topological polar surface area (TPSA) is 68.5 Å². The third kappa shape index (κ3) is 3.69. The molecule has 4 rings (SSSR count). The first-order valence-electron chi connectivity index (χ1n) is 9.03. The molecule has 6 heteroatoms. The van der Waals surface area contributed by atoms with Gasteiger partial charge in [-0.1, -0.05) is 41.6 Å². The molecule has 1 aromatic heterocycles. The van der Waals surface area contributed by atoms with Crippen LogP contribution in [-0.2, 0) is 11.2 Å². The zero-order chi connectivity index (χ0) is 18.6. The summed E-state index contributed by atoms with van der Waals surface area (Å²) in [5, 5.41) is 4.14. The Morgan fingerprint density at radius 1 is 1.19 bits per heavy atom. The van der Waals surface area contributed by atoms with Gasteiger partial charge in [-0.15, -0.1) is 0 Å². The largest absolute Gasteiger partial charge is 0.496 e. The van der Waals surface area contributed by atoms with Crippen LogP contribution in [0.1, 0.15) is 23.7 Å². The van der Waals surface area contributed by atoms with E-state index in [2.05, 4.69) is 10.1 Å². The molecule has 27 heavy (non-hydrogen) atoms. The van der Waals surface area contributed by atoms with Crippen molar-refractivity contribution in [3.05, 3.63) is 66.0 Å². The predicted octanol–water partition coefficient (Wildman–Crippen LogP) is 3.30. The number of nitrogens with zero attached hydrogens (tertiary/aromatic N) is 3. The van der Waals surface area contributed by atoms with Gasteiger partial charge in [0.05, 0.1) is 13.5 Å². The minimum absolute atomic E-state index is 0.0915. The number of ether oxygens (including phenoxy) is 1. The second-order valence-corrected chi connectivity index (χ2v) is 6.64. The van der Waals surface area contributed by atoms with Crippen molar-refractivity contribution in [1.29, 1.82) is 0 Å². The second-order valence-electron chi connectivity index (χ2n) is 6.64. The van der Waals surface area contributed by atoms with Crippen molar-refractivity contribution in [2.45, 2.75) is 18.8 Å². The van der Waals surface area contributed by atoms with Crippen molar-refractivity contribution in [2.75, 3.05) is 20.2 Å². The van der Waals surface area contributed by atoms with Crippen LogP contribution < -0.4 is 4.74 Å². The van der Waals surface area contributed by atoms with Crippen LogP contribution in [0.3, 0.4) is 0 Å². The number of para-hydroxylation sites is 1. The van der Waals surface area contributed by atoms with Gasteiger partial charge in [0.25, 0.3) is 5.89 Å². The van der Waals surface area contributed by atoms with Crippen molar-refractivity contribution < 1.29 is 14.1 Å². The first-order chi connectivity index (χ1) is 13.2. The van der Waals surface area contributed by atoms with Gasteiger partial charge in [-0.25, -0.2) is 0 Å². The van der Waals surface area contributed by atoms with E-state index in [-0.39, 0.29) is 11.8 Å². The Balaban J connectivity index is 1.41. The summed E-state index contributed by atoms with van der Waals surface area (Å²) in [6.07, 6.45) is 1.17. The van der Waals surface area contributed by atoms with Gasteiger partial charge >= 0.3 is 0 Å². The summed E-state index contributed by atoms with van der Waals surface area (Å²) in [6, 6.07) is 17.3. The van der Waals surface area contributed by atoms with E-state index in [0.29, 0.717) is 31.2 Å². The molecule has 0 radical (unpaired) electrons. The van der Waals surface area contributed by atoms with Gasteiger partial charge in [0.2, 0.25) is 5.91 Å². The van der Waals surface area contributed by atoms with E-state index in [0.717, 1.165) is 23.3 Å². The molecule has 1 amide bonds. The van der Waals surface area contributed by atoms with Crippen LogP contribution >= 0.6 is 0 Å². The maximum atomic E-state index is 12.7. The number of aromatic nitrogens is 2. The van der Waals surface area contributed by atoms with Crippen molar-refractivity contribution >= 4 is 5.91 Å². The fourth-order valence-electron chi connectivity index (χ4n) is 3.42. The maximum absolute atomic E-state index is 12.7. The van der Waals surface area contributed by atoms with Crippen LogP contribution in [0.15, 0.2) is 59.1 Å². The molecule has 0 N–H and O–H groups in total. The summed E-state index contributed by atoms with van der Waals surface area (Å²) in [5.74, 6) is 2.12. The van der Waals surface area contributed by atoms with E-state index in [1.807, 2.05) is 59.5 Å². The summed E-state index contributed by atoms with van der Waals surface area (Å²) in [6.45, 7) is 1.32. The van der Waals surface area contributed by atoms with E-state index >= 15 is 0 Å². The number of hydrogen-bond donors (Lipinski definition) is 0. The number of likely N-dealkylation sites (tertiary alicyclic amines) is 1. The first-order valence-corrected chi connectivity index (χ1v) is 9.03. The molecule has 1 aliphatic heterocycles. The Hall–Kier alpha value is -3.15. The molecule has 1 fully saturated rings. The Bertz CT molecular complexity index is 923. The summed E-state index contributed by atoms with van der Waals surface area (Å²) < 4.78 is 10.7. The van der Waals surface area contributed by atoms with E-state index < -0.39 is 0 Å². The van der Waals surface area contributed by atoms with Crippen molar-refractivity contribution in [2.24, 2.45) is 0 Å². The molecule has 0 spiro atoms. The highest BCUT2D eigenvalue weighted by atomic mass is 16.5. The Morgan fingerprint density at radius 2 is 1.96 bits per heavy atom. The summed E-state index contributed by atoms with van der Waals surface area (Å²) in [5.41, 5.74) is 1.80. The fourth-order valence-corrected chi connectivity index (χ4v) is 3.42. The van der Waals surface area contributed by atoms with E-state index in [4.69, 9.17) is 9.26 Å². The normalized spacial score (nSPS) is 16.5. The summed E-state index contributed by atoms with van der Waals surface area (Å²) in [4.78, 5) is 19.1. The standard InChI is InChI=1S/C21H21N3O3/c1-26-18-10-6-5-9-16(18)13-19(25)24-12-11-17(14-24)20-22-21(27-23-20)15-7-3-2-4-8-15/h2-10,17H,11-14H2,1H3/t17-/m1/s1. The molecule has 0 bridgehead atoms. The van der Waals surface area contributed by atoms with Gasteiger partial charge in [-0.2, -0.15) is 4.98 Å². The third-order valence-electron chi connectivity index (χ3n) is 4.90. The van der Waals surface area contributed by atoms with Gasteiger partial charge < -0.3 is 14.2 Å². The number of amides is 1. The van der Waals surface area contributed by atoms with Crippen LogP contribution in [0.2, 0.25) is 0 Å². The number of carbonyl (C=O) groups is 1. The predicted molar refractivity (Wildman–Crippen MR) is 100 cm³/mol. The quantitative estimate of drug-likeness (QED) is 0.696. The number of methoxy groups -OCH3 is 1. The Kier molecular flexibility index (Phi) is 4.87. The molecule has 1 saturated heterocycles. The van der Waals surface area contributed by atoms with Crippen LogP contribution in [0, 0.1) is 0 Å². The molecule has 6 nitrogen and oxygen atoms in total. The second kappa shape index (κ2) is 7.61. The molecular weight excluding hydrogens is 342 g/mol. The molecule has 1 atom stereocenters. The lowest BCUT2D eigenvalue weighted by Gasteiger charge is -2.17. The lowest BCUT2D eigenvalue weighted by Crippen LogP contribution is -2.30. The summed E-state index contributed by atoms with van der Waals surface area (Å²) >= 11 is 0. The molecule has 0 saturated carbocycles. The molecular formula is C21H21N3O3. The smallest absolute Gasteiger partial charge is 0.257 e. The third-order valence-corrected chi connectivity index (χ3v) is 4.90. The van der Waals surface area contributed by atoms with Crippen LogP contribution in [0.25, 0.3) is 11.5 Å². The van der Waals surface area contributed by atoms with E-state index in [1.165, 1.54) is 0 Å². The molecule has 2 aromatic carbocycles. The average Bonchev–Trinajstić information content (AvgIpc) is 3.39. The van der Waals surface area contributed by atoms with Gasteiger partial charge in [-0.3, -0.25) is 4.79 Å². The fraction of sp³-hybridized carbons (Fsp3) is 0.286. The molecule has 3 aromatic rings. The lowest BCUT2D eigenvalue weighted by molar-refractivity contribution is -0.129. The van der Waals surface area contributed by atoms with Crippen molar-refractivity contribution in [3.8, 4) is 17.2 Å². The van der Waals surface area contributed by atoms with E-state index in [9.17, 15) is 4.79 Å². The number of rotatable bonds is 5. The highest BCUT2D eigenvalue weighted by Crippen LogP contribution is 2.28. The minimum atomic E-state index is 0.0915. The van der Waals surface area contributed by atoms with Gasteiger partial charge in [-0.05, 0) is 24.6 Å². The molecule has 2 heterocycles. The zero-order valence-electron chi connectivity index (χ0n) is 15.2. The van der Waals surface area contributed by atoms with Crippen molar-refractivity contribution in [3.63, 3.8) is 0 Å². The van der Waals surface area contributed by atoms with E-state index in [1.54, 1.807) is 7.11 Å². The minimum Gasteiger partial charge on any atom is -0.496 e. The monoisotopic (exact) mass is 363 g/mol. The molecule has 0 aliphatic carbocycles. The molecule has 138 valence electrons. The van der Waals surface area contributed by atoms with Crippen molar-refractivity contribution in [1.82, 2.24) is 15.0 Å². The average molecular weight is 363 g/mol. The van der Waals surface area contributed by atoms with Gasteiger partial charge in [0.1, 0.15) is 5.75 Å². The highest BCUT2D eigenvalue weighted by molar-refractivity contribution is 5.80. The maximum Gasteiger partial charge on any atom is 0.257 e. The van der Waals surface area contributed by atoms with Crippen LogP contribution in [0.5, 0.6) is 5.75 Å². The Labute approximate surface area is 157 Å². The number of benzene rings is 2. The lowest BCUT2D eigenvalue weighted by atomic mass is 10.1. The first kappa shape index (κ1) is 17.3. The summed E-state index contributed by atoms with van der Waals surface area (Å²) in [7, 11) is 1.62. The van der Waals surface area contributed by atoms with Crippen LogP contribution in [-0.4, -0.2) is 41.1 Å². The number of hydrogen-bond acceptors (Lipinski definition) is 5. The van der Waals surface area contributed by atoms with Crippen LogP contribution in [0.4, 0.5) is 0 Å². The molecule has 1 aliphatic rings. The zero-order valence-corrected chi connectivity index (χ0v) is 15.2. The Morgan fingerprint density at radius 3 is 2.78 bits per heavy atom. The SMILES string of the molecule is COc1ccccc1CC(=O)N1CC[C@@H](c2noc(-c3ccccc3)n2)C1. The molecule has 0 unspecified atom stereocenters. The number of carbonyl (C=O) groups excluding carboxylic acids is 1. The van der Waals surface area contributed by atoms with Gasteiger partial charge in [0, 0.05) is 30.1 Å². The van der Waals surface area contributed by atoms with Gasteiger partial charge in [0.15, 0.2) is 5.82 Å². The highest BCUT2D eigenvalue weighted by Gasteiger charge is 2.30.